The Bertz CT molecular complexity index is 743. The fourth-order valence-corrected chi connectivity index (χ4v) is 6.78. The van der Waals surface area contributed by atoms with E-state index in [1.54, 1.807) is 6.08 Å². The summed E-state index contributed by atoms with van der Waals surface area (Å²) >= 11 is 0. The normalized spacial score (nSPS) is 51.9. The van der Waals surface area contributed by atoms with Crippen LogP contribution in [-0.2, 0) is 4.79 Å². The predicted molar refractivity (Wildman–Crippen MR) is 96.5 cm³/mol. The zero-order valence-corrected chi connectivity index (χ0v) is 15.3. The molecule has 0 spiro atoms. The maximum absolute atomic E-state index is 12.1. The quantitative estimate of drug-likeness (QED) is 0.526. The molecule has 2 N–H and O–H groups in total. The number of rotatable bonds is 0. The Hall–Kier alpha value is -1.37. The second-order valence-corrected chi connectivity index (χ2v) is 9.28. The highest BCUT2D eigenvalue weighted by Crippen LogP contribution is 2.69. The molecule has 0 aromatic rings. The van der Waals surface area contributed by atoms with Crippen molar-refractivity contribution in [3.8, 4) is 12.3 Å². The molecule has 4 rings (SSSR count). The van der Waals surface area contributed by atoms with Crippen molar-refractivity contribution in [2.45, 2.75) is 70.0 Å². The van der Waals surface area contributed by atoms with Crippen LogP contribution in [0.25, 0.3) is 0 Å². The van der Waals surface area contributed by atoms with E-state index in [-0.39, 0.29) is 23.0 Å². The number of fused-ring (bicyclic) bond motifs is 5. The minimum Gasteiger partial charge on any atom is -0.389 e. The van der Waals surface area contributed by atoms with E-state index in [1.165, 1.54) is 0 Å². The van der Waals surface area contributed by atoms with E-state index in [4.69, 9.17) is 6.42 Å². The highest BCUT2D eigenvalue weighted by atomic mass is 16.3. The maximum Gasteiger partial charge on any atom is 0.181 e. The summed E-state index contributed by atoms with van der Waals surface area (Å²) in [6.07, 6.45) is 12.5. The summed E-state index contributed by atoms with van der Waals surface area (Å²) in [6, 6.07) is 0. The van der Waals surface area contributed by atoms with Crippen LogP contribution >= 0.6 is 0 Å². The van der Waals surface area contributed by atoms with Crippen molar-refractivity contribution in [3.63, 3.8) is 0 Å². The second kappa shape index (κ2) is 4.87. The van der Waals surface area contributed by atoms with Gasteiger partial charge in [-0.2, -0.15) is 0 Å². The lowest BCUT2D eigenvalue weighted by Crippen LogP contribution is -2.64. The van der Waals surface area contributed by atoms with E-state index < -0.39 is 16.6 Å². The van der Waals surface area contributed by atoms with Gasteiger partial charge in [-0.15, -0.1) is 6.42 Å². The topological polar surface area (TPSA) is 57.5 Å². The van der Waals surface area contributed by atoms with Crippen molar-refractivity contribution >= 4 is 5.78 Å². The second-order valence-electron chi connectivity index (χ2n) is 9.28. The van der Waals surface area contributed by atoms with Gasteiger partial charge in [-0.1, -0.05) is 31.9 Å². The van der Waals surface area contributed by atoms with Gasteiger partial charge in [0, 0.05) is 10.8 Å². The lowest BCUT2D eigenvalue weighted by molar-refractivity contribution is -0.200. The van der Waals surface area contributed by atoms with Gasteiger partial charge in [0.15, 0.2) is 5.78 Å². The van der Waals surface area contributed by atoms with Gasteiger partial charge < -0.3 is 10.2 Å². The summed E-state index contributed by atoms with van der Waals surface area (Å²) in [7, 11) is 0. The molecule has 4 aliphatic carbocycles. The number of allylic oxidation sites excluding steroid dienone is 1. The first-order valence-corrected chi connectivity index (χ1v) is 9.47. The summed E-state index contributed by atoms with van der Waals surface area (Å²) < 4.78 is 0. The van der Waals surface area contributed by atoms with Crippen molar-refractivity contribution in [1.82, 2.24) is 0 Å². The lowest BCUT2D eigenvalue weighted by atomic mass is 9.44. The van der Waals surface area contributed by atoms with E-state index in [0.717, 1.165) is 24.8 Å². The molecule has 0 aromatic heterocycles. The van der Waals surface area contributed by atoms with Crippen LogP contribution < -0.4 is 0 Å². The number of hydrogen-bond acceptors (Lipinski definition) is 3. The lowest BCUT2D eigenvalue weighted by Gasteiger charge is -2.63. The molecule has 6 atom stereocenters. The molecule has 3 heteroatoms. The molecule has 0 amide bonds. The minimum atomic E-state index is -1.07. The number of ketones is 1. The SMILES string of the molecule is C#C[C@]1(O)CC[C@H]2[C@@H]3CCC4=CC(=O)C(=C)C[C@]4(C)[C@@]3(O)CC[C@@]21C. The van der Waals surface area contributed by atoms with Crippen molar-refractivity contribution in [1.29, 1.82) is 0 Å². The van der Waals surface area contributed by atoms with Crippen LogP contribution in [-0.4, -0.2) is 27.2 Å². The fraction of sp³-hybridized carbons (Fsp3) is 0.682. The Morgan fingerprint density at radius 2 is 1.92 bits per heavy atom. The van der Waals surface area contributed by atoms with Crippen LogP contribution in [0.1, 0.15) is 58.8 Å². The molecule has 4 aliphatic rings. The first-order valence-electron chi connectivity index (χ1n) is 9.47. The molecule has 0 aromatic carbocycles. The highest BCUT2D eigenvalue weighted by Gasteiger charge is 2.68. The zero-order chi connectivity index (χ0) is 18.3. The zero-order valence-electron chi connectivity index (χ0n) is 15.3. The third-order valence-electron chi connectivity index (χ3n) is 8.55. The summed E-state index contributed by atoms with van der Waals surface area (Å²) in [4.78, 5) is 12.1. The summed E-state index contributed by atoms with van der Waals surface area (Å²) in [5.41, 5.74) is -1.01. The van der Waals surface area contributed by atoms with Gasteiger partial charge in [-0.3, -0.25) is 4.79 Å². The minimum absolute atomic E-state index is 0.0118. The molecule has 3 saturated carbocycles. The average molecular weight is 340 g/mol. The number of carbonyl (C=O) groups is 1. The Morgan fingerprint density at radius 1 is 1.20 bits per heavy atom. The first kappa shape index (κ1) is 17.1. The van der Waals surface area contributed by atoms with Crippen LogP contribution in [0.4, 0.5) is 0 Å². The monoisotopic (exact) mass is 340 g/mol. The standard InChI is InChI=1S/C22H28O3/c1-5-21(24)9-8-16-17-7-6-15-12-18(23)14(2)13-20(15,4)22(17,25)11-10-19(16,21)3/h1,12,16-17,24-25H,2,6-11,13H2,3-4H3/t16-,17-,19-,20-,21-,22+/m0/s1. The summed E-state index contributed by atoms with van der Waals surface area (Å²) in [6.45, 7) is 8.16. The molecule has 3 fully saturated rings. The molecule has 0 aliphatic heterocycles. The van der Waals surface area contributed by atoms with Gasteiger partial charge in [0.2, 0.25) is 0 Å². The molecule has 0 bridgehead atoms. The molecule has 0 unspecified atom stereocenters. The molecule has 0 radical (unpaired) electrons. The largest absolute Gasteiger partial charge is 0.389 e. The summed E-state index contributed by atoms with van der Waals surface area (Å²) in [5.74, 6) is 3.01. The first-order chi connectivity index (χ1) is 11.6. The number of hydrogen-bond donors (Lipinski definition) is 2. The Labute approximate surface area is 150 Å². The third kappa shape index (κ3) is 1.83. The maximum atomic E-state index is 12.1. The van der Waals surface area contributed by atoms with Crippen molar-refractivity contribution in [2.24, 2.45) is 22.7 Å². The van der Waals surface area contributed by atoms with E-state index in [1.807, 2.05) is 0 Å². The smallest absolute Gasteiger partial charge is 0.181 e. The van der Waals surface area contributed by atoms with Crippen LogP contribution in [0.3, 0.4) is 0 Å². The molecular weight excluding hydrogens is 312 g/mol. The Kier molecular flexibility index (Phi) is 3.32. The molecule has 3 nitrogen and oxygen atoms in total. The summed E-state index contributed by atoms with van der Waals surface area (Å²) in [5, 5.41) is 22.9. The number of aliphatic hydroxyl groups is 2. The molecule has 25 heavy (non-hydrogen) atoms. The van der Waals surface area contributed by atoms with E-state index >= 15 is 0 Å². The number of terminal acetylenes is 1. The van der Waals surface area contributed by atoms with Gasteiger partial charge in [-0.25, -0.2) is 0 Å². The van der Waals surface area contributed by atoms with E-state index in [9.17, 15) is 15.0 Å². The van der Waals surface area contributed by atoms with Gasteiger partial charge in [-0.05, 0) is 68.4 Å². The average Bonchev–Trinajstić information content (AvgIpc) is 2.83. The predicted octanol–water partition coefficient (Wildman–Crippen LogP) is 3.16. The van der Waals surface area contributed by atoms with Crippen molar-refractivity contribution in [2.75, 3.05) is 0 Å². The van der Waals surface area contributed by atoms with Crippen LogP contribution in [0.5, 0.6) is 0 Å². The molecule has 0 saturated heterocycles. The fourth-order valence-electron chi connectivity index (χ4n) is 6.78. The van der Waals surface area contributed by atoms with Gasteiger partial charge in [0.25, 0.3) is 0 Å². The van der Waals surface area contributed by atoms with Crippen LogP contribution in [0.15, 0.2) is 23.8 Å². The van der Waals surface area contributed by atoms with Gasteiger partial charge in [0.05, 0.1) is 5.60 Å². The molecule has 0 heterocycles. The van der Waals surface area contributed by atoms with Crippen molar-refractivity contribution in [3.05, 3.63) is 23.8 Å². The third-order valence-corrected chi connectivity index (χ3v) is 8.55. The van der Waals surface area contributed by atoms with Gasteiger partial charge in [0.1, 0.15) is 5.60 Å². The Balaban J connectivity index is 1.79. The Morgan fingerprint density at radius 3 is 2.60 bits per heavy atom. The van der Waals surface area contributed by atoms with Gasteiger partial charge >= 0.3 is 0 Å². The molecular formula is C22H28O3. The molecule has 134 valence electrons. The highest BCUT2D eigenvalue weighted by molar-refractivity contribution is 6.05. The van der Waals surface area contributed by atoms with Crippen molar-refractivity contribution < 1.29 is 15.0 Å². The van der Waals surface area contributed by atoms with Crippen LogP contribution in [0.2, 0.25) is 0 Å². The van der Waals surface area contributed by atoms with E-state index in [2.05, 4.69) is 26.3 Å². The van der Waals surface area contributed by atoms with E-state index in [0.29, 0.717) is 31.3 Å². The van der Waals surface area contributed by atoms with Crippen LogP contribution in [0, 0.1) is 35.0 Å². The number of carbonyl (C=O) groups excluding carboxylic acids is 1.